The van der Waals surface area contributed by atoms with Crippen LogP contribution in [-0.2, 0) is 9.59 Å². The molecule has 0 radical (unpaired) electrons. The number of urea groups is 1. The van der Waals surface area contributed by atoms with E-state index in [1.807, 2.05) is 0 Å². The minimum Gasteiger partial charge on any atom is -0.263 e. The van der Waals surface area contributed by atoms with Crippen molar-refractivity contribution in [2.24, 2.45) is 0 Å². The molecule has 1 saturated heterocycles. The first-order valence-corrected chi connectivity index (χ1v) is 3.80. The number of imide groups is 2. The average Bonchev–Trinajstić information content (AvgIpc) is 2.25. The molecule has 1 fully saturated rings. The molecule has 0 atom stereocenters. The van der Waals surface area contributed by atoms with E-state index in [0.29, 0.717) is 0 Å². The molecular formula is C7H10N2O3. The number of amides is 4. The first kappa shape index (κ1) is 8.70. The SMILES string of the molecule is CCN1C(=O)C(=O)N(CC)C1=O. The largest absolute Gasteiger partial charge is 0.334 e. The minimum absolute atomic E-state index is 0.250. The molecule has 66 valence electrons. The van der Waals surface area contributed by atoms with Crippen molar-refractivity contribution in [1.82, 2.24) is 9.80 Å². The van der Waals surface area contributed by atoms with E-state index in [2.05, 4.69) is 0 Å². The highest BCUT2D eigenvalue weighted by molar-refractivity contribution is 6.44. The molecule has 0 spiro atoms. The lowest BCUT2D eigenvalue weighted by atomic mass is 10.5. The van der Waals surface area contributed by atoms with Crippen molar-refractivity contribution in [1.29, 1.82) is 0 Å². The van der Waals surface area contributed by atoms with Crippen LogP contribution in [0.4, 0.5) is 4.79 Å². The third-order valence-corrected chi connectivity index (χ3v) is 1.77. The Bertz CT molecular complexity index is 225. The Hall–Kier alpha value is -1.39. The van der Waals surface area contributed by atoms with E-state index in [1.165, 1.54) is 0 Å². The second kappa shape index (κ2) is 2.92. The zero-order valence-electron chi connectivity index (χ0n) is 7.03. The van der Waals surface area contributed by atoms with Crippen LogP contribution < -0.4 is 0 Å². The van der Waals surface area contributed by atoms with E-state index in [-0.39, 0.29) is 13.1 Å². The zero-order chi connectivity index (χ0) is 9.30. The van der Waals surface area contributed by atoms with Crippen LogP contribution in [0.25, 0.3) is 0 Å². The second-order valence-corrected chi connectivity index (χ2v) is 2.38. The van der Waals surface area contributed by atoms with E-state index in [1.54, 1.807) is 13.8 Å². The number of likely N-dealkylation sites (N-methyl/N-ethyl adjacent to an activating group) is 2. The third-order valence-electron chi connectivity index (χ3n) is 1.77. The van der Waals surface area contributed by atoms with Gasteiger partial charge in [0.05, 0.1) is 0 Å². The summed E-state index contributed by atoms with van der Waals surface area (Å²) in [6.07, 6.45) is 0. The molecule has 5 nitrogen and oxygen atoms in total. The zero-order valence-corrected chi connectivity index (χ0v) is 7.03. The molecule has 0 aliphatic carbocycles. The minimum atomic E-state index is -0.718. The van der Waals surface area contributed by atoms with Gasteiger partial charge < -0.3 is 0 Å². The van der Waals surface area contributed by atoms with Crippen LogP contribution in [0, 0.1) is 0 Å². The third kappa shape index (κ3) is 0.975. The van der Waals surface area contributed by atoms with Crippen molar-refractivity contribution in [3.63, 3.8) is 0 Å². The van der Waals surface area contributed by atoms with Crippen LogP contribution in [0.5, 0.6) is 0 Å². The van der Waals surface area contributed by atoms with Crippen LogP contribution in [0.2, 0.25) is 0 Å². The van der Waals surface area contributed by atoms with Crippen molar-refractivity contribution in [3.05, 3.63) is 0 Å². The topological polar surface area (TPSA) is 57.7 Å². The molecule has 12 heavy (non-hydrogen) atoms. The van der Waals surface area contributed by atoms with E-state index in [4.69, 9.17) is 0 Å². The smallest absolute Gasteiger partial charge is 0.263 e. The Balaban J connectivity index is 2.93. The summed E-state index contributed by atoms with van der Waals surface area (Å²) in [7, 11) is 0. The summed E-state index contributed by atoms with van der Waals surface area (Å²) < 4.78 is 0. The van der Waals surface area contributed by atoms with Crippen LogP contribution in [0.1, 0.15) is 13.8 Å². The van der Waals surface area contributed by atoms with Gasteiger partial charge in [0.25, 0.3) is 0 Å². The number of hydrogen-bond donors (Lipinski definition) is 0. The molecule has 0 N–H and O–H groups in total. The molecular weight excluding hydrogens is 160 g/mol. The average molecular weight is 170 g/mol. The Kier molecular flexibility index (Phi) is 2.12. The van der Waals surface area contributed by atoms with Gasteiger partial charge in [0.15, 0.2) is 0 Å². The van der Waals surface area contributed by atoms with Crippen molar-refractivity contribution >= 4 is 17.8 Å². The lowest BCUT2D eigenvalue weighted by Gasteiger charge is -2.10. The quantitative estimate of drug-likeness (QED) is 0.426. The van der Waals surface area contributed by atoms with E-state index in [0.717, 1.165) is 9.80 Å². The van der Waals surface area contributed by atoms with E-state index in [9.17, 15) is 14.4 Å². The fourth-order valence-electron chi connectivity index (χ4n) is 1.11. The Labute approximate surface area is 69.9 Å². The summed E-state index contributed by atoms with van der Waals surface area (Å²) in [5, 5.41) is 0. The summed E-state index contributed by atoms with van der Waals surface area (Å²) in [5.74, 6) is -1.44. The van der Waals surface area contributed by atoms with Gasteiger partial charge in [0, 0.05) is 13.1 Å². The fraction of sp³-hybridized carbons (Fsp3) is 0.571. The number of nitrogens with zero attached hydrogens (tertiary/aromatic N) is 2. The molecule has 0 aromatic carbocycles. The molecule has 1 aliphatic heterocycles. The first-order chi connectivity index (χ1) is 5.63. The summed E-state index contributed by atoms with van der Waals surface area (Å²) in [4.78, 5) is 35.1. The lowest BCUT2D eigenvalue weighted by Crippen LogP contribution is -2.32. The highest BCUT2D eigenvalue weighted by Gasteiger charge is 2.42. The van der Waals surface area contributed by atoms with Gasteiger partial charge in [0.2, 0.25) is 0 Å². The molecule has 0 aromatic heterocycles. The molecule has 1 heterocycles. The number of carbonyl (C=O) groups excluding carboxylic acids is 3. The van der Waals surface area contributed by atoms with Crippen LogP contribution in [0.15, 0.2) is 0 Å². The normalized spacial score (nSPS) is 18.0. The van der Waals surface area contributed by atoms with Crippen LogP contribution >= 0.6 is 0 Å². The van der Waals surface area contributed by atoms with Gasteiger partial charge in [-0.2, -0.15) is 0 Å². The maximum Gasteiger partial charge on any atom is 0.334 e. The molecule has 1 aliphatic rings. The van der Waals surface area contributed by atoms with Gasteiger partial charge in [-0.05, 0) is 13.8 Å². The predicted octanol–water partition coefficient (Wildman–Crippen LogP) is -0.183. The molecule has 1 rings (SSSR count). The Morgan fingerprint density at radius 3 is 1.42 bits per heavy atom. The molecule has 0 saturated carbocycles. The summed E-state index contributed by atoms with van der Waals surface area (Å²) in [6, 6.07) is -0.505. The lowest BCUT2D eigenvalue weighted by molar-refractivity contribution is -0.143. The van der Waals surface area contributed by atoms with Gasteiger partial charge in [-0.25, -0.2) is 4.79 Å². The second-order valence-electron chi connectivity index (χ2n) is 2.38. The van der Waals surface area contributed by atoms with E-state index >= 15 is 0 Å². The van der Waals surface area contributed by atoms with Crippen molar-refractivity contribution in [2.45, 2.75) is 13.8 Å². The molecule has 0 unspecified atom stereocenters. The Morgan fingerprint density at radius 2 is 1.25 bits per heavy atom. The maximum atomic E-state index is 11.2. The number of carbonyl (C=O) groups is 3. The van der Waals surface area contributed by atoms with Gasteiger partial charge in [0.1, 0.15) is 0 Å². The predicted molar refractivity (Wildman–Crippen MR) is 40.2 cm³/mol. The Morgan fingerprint density at radius 1 is 0.917 bits per heavy atom. The summed E-state index contributed by atoms with van der Waals surface area (Å²) >= 11 is 0. The van der Waals surface area contributed by atoms with Gasteiger partial charge in [-0.1, -0.05) is 0 Å². The fourth-order valence-corrected chi connectivity index (χ4v) is 1.11. The standard InChI is InChI=1S/C7H10N2O3/c1-3-8-5(10)6(11)9(4-2)7(8)12/h3-4H2,1-2H3. The summed E-state index contributed by atoms with van der Waals surface area (Å²) in [6.45, 7) is 3.81. The first-order valence-electron chi connectivity index (χ1n) is 3.80. The van der Waals surface area contributed by atoms with Gasteiger partial charge >= 0.3 is 17.8 Å². The highest BCUT2D eigenvalue weighted by atomic mass is 16.2. The summed E-state index contributed by atoms with van der Waals surface area (Å²) in [5.41, 5.74) is 0. The van der Waals surface area contributed by atoms with Gasteiger partial charge in [-0.15, -0.1) is 0 Å². The highest BCUT2D eigenvalue weighted by Crippen LogP contribution is 2.10. The number of rotatable bonds is 2. The van der Waals surface area contributed by atoms with Crippen molar-refractivity contribution in [3.8, 4) is 0 Å². The van der Waals surface area contributed by atoms with Crippen LogP contribution in [-0.4, -0.2) is 40.7 Å². The van der Waals surface area contributed by atoms with Crippen molar-refractivity contribution < 1.29 is 14.4 Å². The number of hydrogen-bond acceptors (Lipinski definition) is 3. The van der Waals surface area contributed by atoms with E-state index < -0.39 is 17.8 Å². The molecule has 5 heteroatoms. The monoisotopic (exact) mass is 170 g/mol. The van der Waals surface area contributed by atoms with Gasteiger partial charge in [-0.3, -0.25) is 19.4 Å². The molecule has 0 bridgehead atoms. The molecule has 0 aromatic rings. The van der Waals surface area contributed by atoms with Crippen LogP contribution in [0.3, 0.4) is 0 Å². The molecule has 4 amide bonds. The van der Waals surface area contributed by atoms with Crippen molar-refractivity contribution in [2.75, 3.05) is 13.1 Å². The maximum absolute atomic E-state index is 11.2.